The van der Waals surface area contributed by atoms with Gasteiger partial charge in [-0.1, -0.05) is 12.1 Å². The van der Waals surface area contributed by atoms with Crippen LogP contribution in [-0.2, 0) is 25.6 Å². The zero-order chi connectivity index (χ0) is 28.1. The predicted molar refractivity (Wildman–Crippen MR) is 139 cm³/mol. The highest BCUT2D eigenvalue weighted by atomic mass is 32.1. The molecule has 5 atom stereocenters. The molecule has 14 nitrogen and oxygen atoms in total. The number of carboxylic acids is 1. The largest absolute Gasteiger partial charge is 0.508 e. The number of aliphatic hydroxyl groups excluding tert-OH is 1. The van der Waals surface area contributed by atoms with Crippen molar-refractivity contribution >= 4 is 42.3 Å². The molecule has 0 spiro atoms. The van der Waals surface area contributed by atoms with Gasteiger partial charge in [-0.2, -0.15) is 12.6 Å². The standard InChI is InChI=1S/C22H35N7O7S/c1-11(30)17(20(34)28-16(21(35)36)9-12-4-6-13(31)7-5-12)29-19(33)15(3-2-8-26-22(24)25)27-18(32)14(23)10-37/h4-7,11,14-17,30-31,37H,2-3,8-10,23H2,1H3,(H,27,32)(H,28,34)(H,29,33)(H,35,36)(H4,24,25,26). The summed E-state index contributed by atoms with van der Waals surface area (Å²) in [6.45, 7) is 1.40. The summed E-state index contributed by atoms with van der Waals surface area (Å²) >= 11 is 3.96. The summed E-state index contributed by atoms with van der Waals surface area (Å²) in [6, 6.07) is 0.653. The maximum absolute atomic E-state index is 13.0. The van der Waals surface area contributed by atoms with Gasteiger partial charge in [0.15, 0.2) is 5.96 Å². The maximum atomic E-state index is 13.0. The van der Waals surface area contributed by atoms with Crippen LogP contribution < -0.4 is 33.2 Å². The zero-order valence-corrected chi connectivity index (χ0v) is 21.2. The van der Waals surface area contributed by atoms with Crippen LogP contribution in [0.2, 0.25) is 0 Å². The molecule has 0 saturated heterocycles. The Morgan fingerprint density at radius 3 is 2.11 bits per heavy atom. The van der Waals surface area contributed by atoms with Crippen molar-refractivity contribution in [2.24, 2.45) is 22.2 Å². The van der Waals surface area contributed by atoms with E-state index in [1.165, 1.54) is 31.2 Å². The first-order valence-electron chi connectivity index (χ1n) is 11.4. The molecule has 3 amide bonds. The second kappa shape index (κ2) is 15.5. The number of phenols is 1. The van der Waals surface area contributed by atoms with Gasteiger partial charge >= 0.3 is 5.97 Å². The first-order valence-corrected chi connectivity index (χ1v) is 12.0. The smallest absolute Gasteiger partial charge is 0.326 e. The van der Waals surface area contributed by atoms with E-state index < -0.39 is 54.0 Å². The summed E-state index contributed by atoms with van der Waals surface area (Å²) in [5.41, 5.74) is 16.8. The summed E-state index contributed by atoms with van der Waals surface area (Å²) in [4.78, 5) is 53.6. The Bertz CT molecular complexity index is 955. The van der Waals surface area contributed by atoms with Crippen molar-refractivity contribution < 1.29 is 34.5 Å². The predicted octanol–water partition coefficient (Wildman–Crippen LogP) is -2.83. The van der Waals surface area contributed by atoms with Crippen LogP contribution >= 0.6 is 12.6 Å². The Hall–Kier alpha value is -3.56. The van der Waals surface area contributed by atoms with Crippen molar-refractivity contribution in [3.05, 3.63) is 29.8 Å². The van der Waals surface area contributed by atoms with Gasteiger partial charge in [-0.15, -0.1) is 0 Å². The van der Waals surface area contributed by atoms with E-state index in [1.54, 1.807) is 0 Å². The number of carboxylic acid groups (broad SMARTS) is 1. The molecule has 1 rings (SSSR count). The molecular weight excluding hydrogens is 506 g/mol. The third-order valence-electron chi connectivity index (χ3n) is 5.17. The normalized spacial score (nSPS) is 14.8. The number of carbonyl (C=O) groups excluding carboxylic acids is 3. The lowest BCUT2D eigenvalue weighted by atomic mass is 10.0. The molecule has 1 aromatic rings. The summed E-state index contributed by atoms with van der Waals surface area (Å²) in [6.07, 6.45) is -1.18. The average molecular weight is 542 g/mol. The number of aliphatic imine (C=N–C) groups is 1. The quantitative estimate of drug-likeness (QED) is 0.0471. The van der Waals surface area contributed by atoms with E-state index in [1.807, 2.05) is 0 Å². The fourth-order valence-electron chi connectivity index (χ4n) is 3.12. The number of aromatic hydroxyl groups is 1. The number of guanidine groups is 1. The lowest BCUT2D eigenvalue weighted by Crippen LogP contribution is -2.60. The van der Waals surface area contributed by atoms with Crippen LogP contribution in [0.4, 0.5) is 0 Å². The van der Waals surface area contributed by atoms with Crippen molar-refractivity contribution in [1.82, 2.24) is 16.0 Å². The number of hydrogen-bond acceptors (Lipinski definition) is 9. The van der Waals surface area contributed by atoms with Crippen molar-refractivity contribution in [2.45, 2.75) is 56.5 Å². The van der Waals surface area contributed by atoms with Gasteiger partial charge in [0, 0.05) is 18.7 Å². The lowest BCUT2D eigenvalue weighted by molar-refractivity contribution is -0.143. The Balaban J connectivity index is 2.98. The molecule has 206 valence electrons. The highest BCUT2D eigenvalue weighted by Gasteiger charge is 2.32. The number of nitrogens with one attached hydrogen (secondary N) is 3. The number of benzene rings is 1. The van der Waals surface area contributed by atoms with E-state index in [0.717, 1.165) is 0 Å². The van der Waals surface area contributed by atoms with Crippen LogP contribution in [0.3, 0.4) is 0 Å². The fraction of sp³-hybridized carbons (Fsp3) is 0.500. The Kier molecular flexibility index (Phi) is 13.2. The van der Waals surface area contributed by atoms with E-state index in [-0.39, 0.29) is 43.3 Å². The number of carbonyl (C=O) groups is 4. The molecule has 0 saturated carbocycles. The first kappa shape index (κ1) is 31.5. The molecule has 0 fully saturated rings. The molecule has 1 aromatic carbocycles. The SMILES string of the molecule is CC(O)C(NC(=O)C(CCCN=C(N)N)NC(=O)C(N)CS)C(=O)NC(Cc1ccc(O)cc1)C(=O)O. The van der Waals surface area contributed by atoms with Gasteiger partial charge in [-0.05, 0) is 37.5 Å². The van der Waals surface area contributed by atoms with Crippen LogP contribution in [0.5, 0.6) is 5.75 Å². The molecule has 37 heavy (non-hydrogen) atoms. The average Bonchev–Trinajstić information content (AvgIpc) is 2.83. The van der Waals surface area contributed by atoms with Crippen molar-refractivity contribution in [3.8, 4) is 5.75 Å². The molecular formula is C22H35N7O7S. The molecule has 0 aromatic heterocycles. The molecule has 0 aliphatic carbocycles. The summed E-state index contributed by atoms with van der Waals surface area (Å²) in [5, 5.41) is 36.2. The van der Waals surface area contributed by atoms with Gasteiger partial charge in [-0.3, -0.25) is 19.4 Å². The Morgan fingerprint density at radius 2 is 1.59 bits per heavy atom. The number of nitrogens with zero attached hydrogens (tertiary/aromatic N) is 1. The van der Waals surface area contributed by atoms with E-state index in [0.29, 0.717) is 5.56 Å². The van der Waals surface area contributed by atoms with Crippen LogP contribution in [0.1, 0.15) is 25.3 Å². The Morgan fingerprint density at radius 1 is 1.00 bits per heavy atom. The third-order valence-corrected chi connectivity index (χ3v) is 5.56. The summed E-state index contributed by atoms with van der Waals surface area (Å²) < 4.78 is 0. The van der Waals surface area contributed by atoms with Gasteiger partial charge < -0.3 is 48.5 Å². The molecule has 0 aliphatic rings. The van der Waals surface area contributed by atoms with Gasteiger partial charge in [0.05, 0.1) is 12.1 Å². The second-order valence-corrected chi connectivity index (χ2v) is 8.66. The minimum Gasteiger partial charge on any atom is -0.508 e. The number of aliphatic hydroxyl groups is 1. The van der Waals surface area contributed by atoms with E-state index in [4.69, 9.17) is 17.2 Å². The number of thiol groups is 1. The molecule has 15 heteroatoms. The Labute approximate surface area is 219 Å². The molecule has 0 radical (unpaired) electrons. The minimum absolute atomic E-state index is 0.00758. The summed E-state index contributed by atoms with van der Waals surface area (Å²) in [5.74, 6) is -3.90. The first-order chi connectivity index (χ1) is 17.3. The highest BCUT2D eigenvalue weighted by Crippen LogP contribution is 2.12. The topological polar surface area (TPSA) is 255 Å². The molecule has 0 bridgehead atoms. The number of amides is 3. The molecule has 12 N–H and O–H groups in total. The maximum Gasteiger partial charge on any atom is 0.326 e. The van der Waals surface area contributed by atoms with Crippen LogP contribution in [0.25, 0.3) is 0 Å². The number of phenolic OH excluding ortho intramolecular Hbond substituents is 1. The number of rotatable bonds is 15. The van der Waals surface area contributed by atoms with E-state index >= 15 is 0 Å². The van der Waals surface area contributed by atoms with Gasteiger partial charge in [-0.25, -0.2) is 4.79 Å². The van der Waals surface area contributed by atoms with Crippen molar-refractivity contribution in [1.29, 1.82) is 0 Å². The van der Waals surface area contributed by atoms with E-state index in [2.05, 4.69) is 33.6 Å². The number of aliphatic carboxylic acids is 1. The van der Waals surface area contributed by atoms with Gasteiger partial charge in [0.25, 0.3) is 0 Å². The van der Waals surface area contributed by atoms with Gasteiger partial charge in [0.1, 0.15) is 23.9 Å². The van der Waals surface area contributed by atoms with Crippen molar-refractivity contribution in [2.75, 3.05) is 12.3 Å². The minimum atomic E-state index is -1.54. The van der Waals surface area contributed by atoms with E-state index in [9.17, 15) is 34.5 Å². The van der Waals surface area contributed by atoms with Crippen LogP contribution in [-0.4, -0.2) is 87.5 Å². The molecule has 0 heterocycles. The van der Waals surface area contributed by atoms with Crippen LogP contribution in [0.15, 0.2) is 29.3 Å². The number of nitrogens with two attached hydrogens (primary N) is 3. The monoisotopic (exact) mass is 541 g/mol. The zero-order valence-electron chi connectivity index (χ0n) is 20.3. The second-order valence-electron chi connectivity index (χ2n) is 8.30. The van der Waals surface area contributed by atoms with Gasteiger partial charge in [0.2, 0.25) is 17.7 Å². The highest BCUT2D eigenvalue weighted by molar-refractivity contribution is 7.80. The third kappa shape index (κ3) is 11.4. The fourth-order valence-corrected chi connectivity index (χ4v) is 3.29. The molecule has 5 unspecified atom stereocenters. The lowest BCUT2D eigenvalue weighted by Gasteiger charge is -2.26. The number of hydrogen-bond donors (Lipinski definition) is 10. The summed E-state index contributed by atoms with van der Waals surface area (Å²) in [7, 11) is 0. The molecule has 0 aliphatic heterocycles. The van der Waals surface area contributed by atoms with Crippen molar-refractivity contribution in [3.63, 3.8) is 0 Å². The van der Waals surface area contributed by atoms with Crippen LogP contribution in [0, 0.1) is 0 Å².